The van der Waals surface area contributed by atoms with E-state index in [2.05, 4.69) is 5.32 Å². The van der Waals surface area contributed by atoms with Crippen LogP contribution in [0.3, 0.4) is 0 Å². The number of rotatable bonds is 4. The van der Waals surface area contributed by atoms with Gasteiger partial charge in [0, 0.05) is 6.54 Å². The number of halogens is 2. The molecule has 1 saturated carbocycles. The molecule has 0 aromatic heterocycles. The lowest BCUT2D eigenvalue weighted by atomic mass is 10.1. The molecule has 0 unspecified atom stereocenters. The van der Waals surface area contributed by atoms with Gasteiger partial charge >= 0.3 is 0 Å². The second-order valence-corrected chi connectivity index (χ2v) is 4.94. The molecule has 1 nitrogen and oxygen atoms in total. The van der Waals surface area contributed by atoms with Crippen molar-refractivity contribution in [3.63, 3.8) is 0 Å². The van der Waals surface area contributed by atoms with E-state index in [0.717, 1.165) is 24.6 Å². The Bertz CT molecular complexity index is 348. The van der Waals surface area contributed by atoms with Gasteiger partial charge in [0.05, 0.1) is 5.02 Å². The Morgan fingerprint density at radius 2 is 2.06 bits per heavy atom. The molecule has 0 radical (unpaired) electrons. The van der Waals surface area contributed by atoms with Crippen LogP contribution in [0.4, 0.5) is 4.39 Å². The zero-order valence-electron chi connectivity index (χ0n) is 9.31. The van der Waals surface area contributed by atoms with Crippen molar-refractivity contribution in [2.24, 2.45) is 5.92 Å². The van der Waals surface area contributed by atoms with Gasteiger partial charge in [-0.15, -0.1) is 0 Å². The number of hydrogen-bond acceptors (Lipinski definition) is 1. The highest BCUT2D eigenvalue weighted by Crippen LogP contribution is 2.23. The molecular formula is C13H17ClFN. The minimum Gasteiger partial charge on any atom is -0.312 e. The lowest BCUT2D eigenvalue weighted by Gasteiger charge is -2.10. The lowest BCUT2D eigenvalue weighted by Crippen LogP contribution is -2.20. The Kier molecular flexibility index (Phi) is 4.19. The fraction of sp³-hybridized carbons (Fsp3) is 0.538. The first kappa shape index (κ1) is 11.9. The minimum atomic E-state index is -0.332. The first-order chi connectivity index (χ1) is 7.75. The fourth-order valence-electron chi connectivity index (χ4n) is 2.28. The zero-order chi connectivity index (χ0) is 11.4. The maximum atomic E-state index is 13.1. The van der Waals surface area contributed by atoms with Crippen molar-refractivity contribution in [2.45, 2.75) is 32.2 Å². The summed E-state index contributed by atoms with van der Waals surface area (Å²) in [5, 5.41) is 3.57. The van der Waals surface area contributed by atoms with Crippen LogP contribution in [-0.4, -0.2) is 6.54 Å². The molecule has 0 aliphatic heterocycles. The molecule has 0 saturated heterocycles. The van der Waals surface area contributed by atoms with Crippen LogP contribution in [0, 0.1) is 11.7 Å². The summed E-state index contributed by atoms with van der Waals surface area (Å²) in [7, 11) is 0. The second kappa shape index (κ2) is 5.65. The van der Waals surface area contributed by atoms with E-state index in [1.807, 2.05) is 6.07 Å². The predicted molar refractivity (Wildman–Crippen MR) is 65.1 cm³/mol. The first-order valence-corrected chi connectivity index (χ1v) is 6.28. The smallest absolute Gasteiger partial charge is 0.142 e. The maximum Gasteiger partial charge on any atom is 0.142 e. The molecule has 1 aliphatic carbocycles. The topological polar surface area (TPSA) is 12.0 Å². The van der Waals surface area contributed by atoms with Crippen molar-refractivity contribution < 1.29 is 4.39 Å². The highest BCUT2D eigenvalue weighted by Gasteiger charge is 2.13. The van der Waals surface area contributed by atoms with Gasteiger partial charge in [0.15, 0.2) is 0 Å². The maximum absolute atomic E-state index is 13.1. The van der Waals surface area contributed by atoms with Crippen molar-refractivity contribution in [1.29, 1.82) is 0 Å². The van der Waals surface area contributed by atoms with Crippen LogP contribution in [0.25, 0.3) is 0 Å². The third kappa shape index (κ3) is 3.19. The first-order valence-electron chi connectivity index (χ1n) is 5.90. The summed E-state index contributed by atoms with van der Waals surface area (Å²) in [4.78, 5) is 0. The summed E-state index contributed by atoms with van der Waals surface area (Å²) >= 11 is 5.62. The molecule has 3 heteroatoms. The van der Waals surface area contributed by atoms with Gasteiger partial charge in [-0.3, -0.25) is 0 Å². The molecule has 16 heavy (non-hydrogen) atoms. The van der Waals surface area contributed by atoms with Crippen LogP contribution in [0.15, 0.2) is 18.2 Å². The van der Waals surface area contributed by atoms with E-state index >= 15 is 0 Å². The molecule has 0 heterocycles. The van der Waals surface area contributed by atoms with Gasteiger partial charge in [-0.1, -0.05) is 30.5 Å². The molecule has 1 N–H and O–H groups in total. The summed E-state index contributed by atoms with van der Waals surface area (Å²) in [5.41, 5.74) is 0.958. The Labute approximate surface area is 101 Å². The third-order valence-electron chi connectivity index (χ3n) is 3.22. The lowest BCUT2D eigenvalue weighted by molar-refractivity contribution is 0.488. The molecule has 1 aliphatic rings. The third-order valence-corrected chi connectivity index (χ3v) is 3.53. The molecule has 2 rings (SSSR count). The second-order valence-electron chi connectivity index (χ2n) is 4.53. The highest BCUT2D eigenvalue weighted by atomic mass is 35.5. The van der Waals surface area contributed by atoms with Crippen LogP contribution >= 0.6 is 11.6 Å². The van der Waals surface area contributed by atoms with E-state index in [1.54, 1.807) is 6.07 Å². The van der Waals surface area contributed by atoms with Crippen molar-refractivity contribution in [3.05, 3.63) is 34.6 Å². The summed E-state index contributed by atoms with van der Waals surface area (Å²) in [6.07, 6.45) is 5.40. The minimum absolute atomic E-state index is 0.194. The van der Waals surface area contributed by atoms with Crippen molar-refractivity contribution in [2.75, 3.05) is 6.54 Å². The predicted octanol–water partition coefficient (Wildman–Crippen LogP) is 3.76. The fourth-order valence-corrected chi connectivity index (χ4v) is 2.40. The van der Waals surface area contributed by atoms with E-state index in [1.165, 1.54) is 31.7 Å². The van der Waals surface area contributed by atoms with Crippen LogP contribution in [0.1, 0.15) is 31.2 Å². The van der Waals surface area contributed by atoms with E-state index in [0.29, 0.717) is 0 Å². The molecular weight excluding hydrogens is 225 g/mol. The number of nitrogens with one attached hydrogen (secondary N) is 1. The summed E-state index contributed by atoms with van der Waals surface area (Å²) < 4.78 is 13.1. The average Bonchev–Trinajstić information content (AvgIpc) is 2.76. The molecule has 0 amide bonds. The van der Waals surface area contributed by atoms with Gasteiger partial charge in [-0.25, -0.2) is 4.39 Å². The molecule has 1 aromatic rings. The standard InChI is InChI=1S/C13H17ClFN/c14-12-6-5-11(7-13(12)15)9-16-8-10-3-1-2-4-10/h5-7,10,16H,1-4,8-9H2. The van der Waals surface area contributed by atoms with E-state index in [4.69, 9.17) is 11.6 Å². The number of benzene rings is 1. The molecule has 88 valence electrons. The van der Waals surface area contributed by atoms with Crippen molar-refractivity contribution >= 4 is 11.6 Å². The Morgan fingerprint density at radius 3 is 2.75 bits per heavy atom. The normalized spacial score (nSPS) is 16.9. The van der Waals surface area contributed by atoms with Gasteiger partial charge in [0.1, 0.15) is 5.82 Å². The highest BCUT2D eigenvalue weighted by molar-refractivity contribution is 6.30. The number of hydrogen-bond donors (Lipinski definition) is 1. The van der Waals surface area contributed by atoms with Crippen LogP contribution in [-0.2, 0) is 6.54 Å². The zero-order valence-corrected chi connectivity index (χ0v) is 10.1. The molecule has 0 atom stereocenters. The van der Waals surface area contributed by atoms with Gasteiger partial charge in [-0.2, -0.15) is 0 Å². The van der Waals surface area contributed by atoms with Crippen molar-refractivity contribution in [3.8, 4) is 0 Å². The summed E-state index contributed by atoms with van der Waals surface area (Å²) in [5.74, 6) is 0.485. The van der Waals surface area contributed by atoms with E-state index < -0.39 is 0 Å². The molecule has 1 fully saturated rings. The summed E-state index contributed by atoms with van der Waals surface area (Å²) in [6.45, 7) is 1.77. The molecule has 1 aromatic carbocycles. The van der Waals surface area contributed by atoms with E-state index in [-0.39, 0.29) is 10.8 Å². The quantitative estimate of drug-likeness (QED) is 0.847. The molecule has 0 spiro atoms. The van der Waals surface area contributed by atoms with E-state index in [9.17, 15) is 4.39 Å². The van der Waals surface area contributed by atoms with Crippen LogP contribution < -0.4 is 5.32 Å². The molecule has 0 bridgehead atoms. The Balaban J connectivity index is 1.78. The van der Waals surface area contributed by atoms with Crippen molar-refractivity contribution in [1.82, 2.24) is 5.32 Å². The Morgan fingerprint density at radius 1 is 1.31 bits per heavy atom. The monoisotopic (exact) mass is 241 g/mol. The average molecular weight is 242 g/mol. The van der Waals surface area contributed by atoms with Gasteiger partial charge < -0.3 is 5.32 Å². The van der Waals surface area contributed by atoms with Gasteiger partial charge in [0.2, 0.25) is 0 Å². The summed E-state index contributed by atoms with van der Waals surface area (Å²) in [6, 6.07) is 4.99. The van der Waals surface area contributed by atoms with Crippen LogP contribution in [0.5, 0.6) is 0 Å². The largest absolute Gasteiger partial charge is 0.312 e. The van der Waals surface area contributed by atoms with Gasteiger partial charge in [0.25, 0.3) is 0 Å². The van der Waals surface area contributed by atoms with Gasteiger partial charge in [-0.05, 0) is 43.0 Å². The van der Waals surface area contributed by atoms with Crippen LogP contribution in [0.2, 0.25) is 5.02 Å². The SMILES string of the molecule is Fc1cc(CNCC2CCCC2)ccc1Cl. The Hall–Kier alpha value is -0.600.